The van der Waals surface area contributed by atoms with Crippen LogP contribution in [0, 0.1) is 17.2 Å². The van der Waals surface area contributed by atoms with Crippen molar-refractivity contribution in [3.63, 3.8) is 0 Å². The Kier molecular flexibility index (Phi) is 6.99. The quantitative estimate of drug-likeness (QED) is 0.729. The number of pyridine rings is 1. The molecule has 0 spiro atoms. The minimum atomic E-state index is -0.863. The van der Waals surface area contributed by atoms with Gasteiger partial charge >= 0.3 is 11.8 Å². The summed E-state index contributed by atoms with van der Waals surface area (Å²) >= 11 is 5.88. The number of carbonyl (C=O) groups excluding carboxylic acids is 3. The topological polar surface area (TPSA) is 115 Å². The van der Waals surface area contributed by atoms with E-state index < -0.39 is 11.8 Å². The van der Waals surface area contributed by atoms with E-state index in [1.165, 1.54) is 18.2 Å². The van der Waals surface area contributed by atoms with Gasteiger partial charge in [0.25, 0.3) is 5.91 Å². The lowest BCUT2D eigenvalue weighted by molar-refractivity contribution is -0.136. The van der Waals surface area contributed by atoms with Gasteiger partial charge in [-0.3, -0.25) is 19.4 Å². The Morgan fingerprint density at radius 1 is 1.20 bits per heavy atom. The highest BCUT2D eigenvalue weighted by Crippen LogP contribution is 2.21. The zero-order valence-electron chi connectivity index (χ0n) is 16.1. The Hall–Kier alpha value is -3.44. The van der Waals surface area contributed by atoms with Gasteiger partial charge in [-0.15, -0.1) is 0 Å². The Bertz CT molecular complexity index is 982. The van der Waals surface area contributed by atoms with Crippen molar-refractivity contribution in [3.8, 4) is 6.07 Å². The standard InChI is InChI=1S/C21H20ClN5O3/c22-17-4-3-15(11-23)18(10-17)26-20(29)19(28)25-12-14-5-8-27(9-6-14)21(30)16-2-1-7-24-13-16/h1-4,7,10,13-14H,5-6,8-9,12H2,(H,25,28)(H,26,29). The van der Waals surface area contributed by atoms with Crippen molar-refractivity contribution in [1.29, 1.82) is 5.26 Å². The van der Waals surface area contributed by atoms with Gasteiger partial charge in [-0.2, -0.15) is 5.26 Å². The molecule has 2 aromatic rings. The highest BCUT2D eigenvalue weighted by molar-refractivity contribution is 6.40. The number of nitrogens with one attached hydrogen (secondary N) is 2. The van der Waals surface area contributed by atoms with Gasteiger partial charge in [0, 0.05) is 37.1 Å². The first-order chi connectivity index (χ1) is 14.5. The number of hydrogen-bond acceptors (Lipinski definition) is 5. The van der Waals surface area contributed by atoms with Crippen LogP contribution in [0.3, 0.4) is 0 Å². The highest BCUT2D eigenvalue weighted by Gasteiger charge is 2.25. The van der Waals surface area contributed by atoms with E-state index in [2.05, 4.69) is 15.6 Å². The van der Waals surface area contributed by atoms with Gasteiger partial charge in [-0.05, 0) is 49.1 Å². The maximum Gasteiger partial charge on any atom is 0.313 e. The lowest BCUT2D eigenvalue weighted by atomic mass is 9.96. The number of nitrogens with zero attached hydrogens (tertiary/aromatic N) is 3. The average molecular weight is 426 g/mol. The van der Waals surface area contributed by atoms with Crippen LogP contribution in [0.2, 0.25) is 5.02 Å². The van der Waals surface area contributed by atoms with Gasteiger partial charge in [0.15, 0.2) is 0 Å². The summed E-state index contributed by atoms with van der Waals surface area (Å²) in [5.74, 6) is -1.54. The molecule has 8 nitrogen and oxygen atoms in total. The van der Waals surface area contributed by atoms with E-state index in [0.717, 1.165) is 12.8 Å². The molecule has 9 heteroatoms. The number of nitriles is 1. The Balaban J connectivity index is 1.46. The molecule has 1 fully saturated rings. The average Bonchev–Trinajstić information content (AvgIpc) is 2.78. The summed E-state index contributed by atoms with van der Waals surface area (Å²) in [7, 11) is 0. The first kappa shape index (κ1) is 21.3. The maximum atomic E-state index is 12.4. The maximum absolute atomic E-state index is 12.4. The van der Waals surface area contributed by atoms with E-state index in [9.17, 15) is 14.4 Å². The predicted octanol–water partition coefficient (Wildman–Crippen LogP) is 2.21. The fourth-order valence-corrected chi connectivity index (χ4v) is 3.40. The summed E-state index contributed by atoms with van der Waals surface area (Å²) in [6.07, 6.45) is 4.61. The lowest BCUT2D eigenvalue weighted by Crippen LogP contribution is -2.43. The van der Waals surface area contributed by atoms with Crippen LogP contribution in [-0.2, 0) is 9.59 Å². The van der Waals surface area contributed by atoms with Crippen molar-refractivity contribution >= 4 is 35.0 Å². The minimum absolute atomic E-state index is 0.0558. The molecule has 1 aromatic heterocycles. The fourth-order valence-electron chi connectivity index (χ4n) is 3.23. The minimum Gasteiger partial charge on any atom is -0.348 e. The molecular weight excluding hydrogens is 406 g/mol. The first-order valence-electron chi connectivity index (χ1n) is 9.46. The molecule has 3 amide bonds. The number of piperidine rings is 1. The van der Waals surface area contributed by atoms with E-state index in [-0.39, 0.29) is 23.1 Å². The van der Waals surface area contributed by atoms with Crippen molar-refractivity contribution in [1.82, 2.24) is 15.2 Å². The number of amides is 3. The van der Waals surface area contributed by atoms with Gasteiger partial charge in [0.2, 0.25) is 0 Å². The number of halogens is 1. The molecule has 3 rings (SSSR count). The van der Waals surface area contributed by atoms with Gasteiger partial charge in [-0.25, -0.2) is 0 Å². The first-order valence-corrected chi connectivity index (χ1v) is 9.84. The third-order valence-electron chi connectivity index (χ3n) is 4.92. The second kappa shape index (κ2) is 9.85. The zero-order chi connectivity index (χ0) is 21.5. The number of benzene rings is 1. The van der Waals surface area contributed by atoms with Crippen molar-refractivity contribution in [2.75, 3.05) is 25.0 Å². The number of hydrogen-bond donors (Lipinski definition) is 2. The van der Waals surface area contributed by atoms with E-state index in [1.54, 1.807) is 29.4 Å². The molecule has 1 saturated heterocycles. The molecule has 2 N–H and O–H groups in total. The molecule has 0 unspecified atom stereocenters. The van der Waals surface area contributed by atoms with Gasteiger partial charge in [-0.1, -0.05) is 11.6 Å². The molecule has 2 heterocycles. The largest absolute Gasteiger partial charge is 0.348 e. The van der Waals surface area contributed by atoms with Gasteiger partial charge in [0.1, 0.15) is 6.07 Å². The summed E-state index contributed by atoms with van der Waals surface area (Å²) in [6.45, 7) is 1.49. The number of aromatic nitrogens is 1. The van der Waals surface area contributed by atoms with E-state index >= 15 is 0 Å². The third-order valence-corrected chi connectivity index (χ3v) is 5.15. The number of rotatable bonds is 4. The molecule has 0 saturated carbocycles. The van der Waals surface area contributed by atoms with Crippen LogP contribution in [0.1, 0.15) is 28.8 Å². The smallest absolute Gasteiger partial charge is 0.313 e. The van der Waals surface area contributed by atoms with Crippen LogP contribution in [0.5, 0.6) is 0 Å². The Labute approximate surface area is 178 Å². The molecule has 0 bridgehead atoms. The molecular formula is C21H20ClN5O3. The molecule has 0 aliphatic carbocycles. The van der Waals surface area contributed by atoms with Crippen LogP contribution in [0.15, 0.2) is 42.7 Å². The van der Waals surface area contributed by atoms with Gasteiger partial charge < -0.3 is 15.5 Å². The van der Waals surface area contributed by atoms with Crippen LogP contribution >= 0.6 is 11.6 Å². The predicted molar refractivity (Wildman–Crippen MR) is 111 cm³/mol. The second-order valence-electron chi connectivity index (χ2n) is 6.94. The molecule has 154 valence electrons. The van der Waals surface area contributed by atoms with Crippen molar-refractivity contribution in [2.45, 2.75) is 12.8 Å². The van der Waals surface area contributed by atoms with Crippen molar-refractivity contribution in [3.05, 3.63) is 58.9 Å². The van der Waals surface area contributed by atoms with Crippen LogP contribution in [0.4, 0.5) is 5.69 Å². The third kappa shape index (κ3) is 5.33. The van der Waals surface area contributed by atoms with Crippen LogP contribution < -0.4 is 10.6 Å². The highest BCUT2D eigenvalue weighted by atomic mass is 35.5. The summed E-state index contributed by atoms with van der Waals surface area (Å²) in [5, 5.41) is 14.5. The molecule has 1 aliphatic rings. The fraction of sp³-hybridized carbons (Fsp3) is 0.286. The van der Waals surface area contributed by atoms with E-state index in [0.29, 0.717) is 30.2 Å². The van der Waals surface area contributed by atoms with E-state index in [1.807, 2.05) is 6.07 Å². The second-order valence-corrected chi connectivity index (χ2v) is 7.38. The Morgan fingerprint density at radius 2 is 1.97 bits per heavy atom. The molecule has 0 atom stereocenters. The molecule has 0 radical (unpaired) electrons. The number of likely N-dealkylation sites (tertiary alicyclic amines) is 1. The SMILES string of the molecule is N#Cc1ccc(Cl)cc1NC(=O)C(=O)NCC1CCN(C(=O)c2cccnc2)CC1. The van der Waals surface area contributed by atoms with Crippen LogP contribution in [0.25, 0.3) is 0 Å². The van der Waals surface area contributed by atoms with Gasteiger partial charge in [0.05, 0.1) is 16.8 Å². The summed E-state index contributed by atoms with van der Waals surface area (Å²) < 4.78 is 0. The molecule has 30 heavy (non-hydrogen) atoms. The number of carbonyl (C=O) groups is 3. The zero-order valence-corrected chi connectivity index (χ0v) is 16.9. The summed E-state index contributed by atoms with van der Waals surface area (Å²) in [6, 6.07) is 9.81. The Morgan fingerprint density at radius 3 is 2.63 bits per heavy atom. The van der Waals surface area contributed by atoms with E-state index in [4.69, 9.17) is 16.9 Å². The monoisotopic (exact) mass is 425 g/mol. The van der Waals surface area contributed by atoms with Crippen LogP contribution in [-0.4, -0.2) is 47.2 Å². The summed E-state index contributed by atoms with van der Waals surface area (Å²) in [5.41, 5.74) is 0.956. The lowest BCUT2D eigenvalue weighted by Gasteiger charge is -2.32. The molecule has 1 aromatic carbocycles. The van der Waals surface area contributed by atoms with Crippen molar-refractivity contribution < 1.29 is 14.4 Å². The summed E-state index contributed by atoms with van der Waals surface area (Å²) in [4.78, 5) is 42.4. The number of anilines is 1. The molecule has 1 aliphatic heterocycles. The normalized spacial score (nSPS) is 13.9. The van der Waals surface area contributed by atoms with Crippen molar-refractivity contribution in [2.24, 2.45) is 5.92 Å².